The van der Waals surface area contributed by atoms with Crippen molar-refractivity contribution >= 4 is 0 Å². The first kappa shape index (κ1) is 13.3. The predicted octanol–water partition coefficient (Wildman–Crippen LogP) is 3.82. The molecule has 0 fully saturated rings. The van der Waals surface area contributed by atoms with Gasteiger partial charge in [0.1, 0.15) is 17.2 Å². The Labute approximate surface area is 109 Å². The zero-order chi connectivity index (χ0) is 13.2. The number of benzene rings is 1. The quantitative estimate of drug-likeness (QED) is 0.878. The first-order chi connectivity index (χ1) is 8.64. The molecule has 0 radical (unpaired) electrons. The third-order valence-electron chi connectivity index (χ3n) is 3.99. The molecule has 0 spiro atoms. The number of hydrogen-bond donors (Lipinski definition) is 1. The number of ether oxygens (including phenoxy) is 1. The van der Waals surface area contributed by atoms with E-state index in [0.29, 0.717) is 0 Å². The Morgan fingerprint density at radius 3 is 2.67 bits per heavy atom. The average molecular weight is 251 g/mol. The molecular weight excluding hydrogens is 229 g/mol. The second kappa shape index (κ2) is 5.27. The zero-order valence-corrected chi connectivity index (χ0v) is 11.4. The first-order valence-electron chi connectivity index (χ1n) is 6.86. The van der Waals surface area contributed by atoms with Crippen molar-refractivity contribution in [3.05, 3.63) is 29.6 Å². The minimum Gasteiger partial charge on any atom is -0.487 e. The van der Waals surface area contributed by atoms with Crippen molar-refractivity contribution in [2.45, 2.75) is 51.7 Å². The van der Waals surface area contributed by atoms with Gasteiger partial charge in [0.2, 0.25) is 0 Å². The third-order valence-corrected chi connectivity index (χ3v) is 3.99. The third kappa shape index (κ3) is 2.37. The van der Waals surface area contributed by atoms with Gasteiger partial charge in [-0.1, -0.05) is 20.8 Å². The van der Waals surface area contributed by atoms with E-state index in [1.807, 2.05) is 0 Å². The van der Waals surface area contributed by atoms with Crippen molar-refractivity contribution in [2.24, 2.45) is 0 Å². The van der Waals surface area contributed by atoms with E-state index < -0.39 is 0 Å². The van der Waals surface area contributed by atoms with Crippen molar-refractivity contribution in [3.63, 3.8) is 0 Å². The molecule has 1 aliphatic rings. The minimum atomic E-state index is -0.194. The van der Waals surface area contributed by atoms with Gasteiger partial charge in [0.15, 0.2) is 0 Å². The van der Waals surface area contributed by atoms with Crippen LogP contribution in [-0.4, -0.2) is 12.1 Å². The van der Waals surface area contributed by atoms with Crippen molar-refractivity contribution in [1.29, 1.82) is 0 Å². The van der Waals surface area contributed by atoms with Crippen molar-refractivity contribution in [2.75, 3.05) is 6.54 Å². The lowest BCUT2D eigenvalue weighted by Gasteiger charge is -2.41. The molecule has 0 bridgehead atoms. The molecule has 1 atom stereocenters. The van der Waals surface area contributed by atoms with Crippen LogP contribution in [-0.2, 0) is 0 Å². The van der Waals surface area contributed by atoms with Crippen LogP contribution in [0.2, 0.25) is 0 Å². The highest BCUT2D eigenvalue weighted by molar-refractivity contribution is 5.39. The fourth-order valence-corrected chi connectivity index (χ4v) is 2.75. The average Bonchev–Trinajstić information content (AvgIpc) is 2.39. The molecule has 1 aliphatic heterocycles. The molecule has 2 nitrogen and oxygen atoms in total. The summed E-state index contributed by atoms with van der Waals surface area (Å²) in [7, 11) is 0. The minimum absolute atomic E-state index is 0.113. The molecule has 1 aromatic carbocycles. The lowest BCUT2D eigenvalue weighted by Crippen LogP contribution is -2.43. The van der Waals surface area contributed by atoms with E-state index in [-0.39, 0.29) is 17.5 Å². The topological polar surface area (TPSA) is 21.3 Å². The van der Waals surface area contributed by atoms with Crippen LogP contribution in [0.15, 0.2) is 18.2 Å². The van der Waals surface area contributed by atoms with E-state index in [9.17, 15) is 4.39 Å². The Morgan fingerprint density at radius 1 is 1.33 bits per heavy atom. The molecule has 2 rings (SSSR count). The van der Waals surface area contributed by atoms with Gasteiger partial charge < -0.3 is 10.1 Å². The van der Waals surface area contributed by atoms with E-state index in [0.717, 1.165) is 37.1 Å². The summed E-state index contributed by atoms with van der Waals surface area (Å²) in [5.74, 6) is 0.637. The molecule has 100 valence electrons. The van der Waals surface area contributed by atoms with Gasteiger partial charge in [0, 0.05) is 18.0 Å². The largest absolute Gasteiger partial charge is 0.487 e. The van der Waals surface area contributed by atoms with E-state index in [2.05, 4.69) is 26.1 Å². The van der Waals surface area contributed by atoms with Crippen LogP contribution in [0.5, 0.6) is 5.75 Å². The van der Waals surface area contributed by atoms with E-state index in [1.54, 1.807) is 12.1 Å². The molecule has 0 aliphatic carbocycles. The summed E-state index contributed by atoms with van der Waals surface area (Å²) in [6, 6.07) is 5.02. The predicted molar refractivity (Wildman–Crippen MR) is 71.4 cm³/mol. The zero-order valence-electron chi connectivity index (χ0n) is 11.4. The fraction of sp³-hybridized carbons (Fsp3) is 0.600. The lowest BCUT2D eigenvalue weighted by molar-refractivity contribution is 0.0229. The monoisotopic (exact) mass is 251 g/mol. The van der Waals surface area contributed by atoms with Gasteiger partial charge in [-0.2, -0.15) is 0 Å². The Balaban J connectivity index is 2.39. The normalized spacial score (nSPS) is 21.2. The van der Waals surface area contributed by atoms with Crippen molar-refractivity contribution < 1.29 is 9.13 Å². The van der Waals surface area contributed by atoms with Crippen LogP contribution >= 0.6 is 0 Å². The van der Waals surface area contributed by atoms with Crippen LogP contribution in [0, 0.1) is 5.82 Å². The standard InChI is InChI=1S/C15H22FNO/c1-4-15(5-2)10-13(17-6-3)12-9-11(16)7-8-14(12)18-15/h7-9,13,17H,4-6,10H2,1-3H3. The van der Waals surface area contributed by atoms with Gasteiger partial charge in [0.05, 0.1) is 0 Å². The SMILES string of the molecule is CCNC1CC(CC)(CC)Oc2ccc(F)cc21. The maximum atomic E-state index is 13.4. The number of nitrogens with one attached hydrogen (secondary N) is 1. The molecule has 0 saturated carbocycles. The molecule has 1 heterocycles. The Hall–Kier alpha value is -1.09. The van der Waals surface area contributed by atoms with Crippen molar-refractivity contribution in [3.8, 4) is 5.75 Å². The number of halogens is 1. The van der Waals surface area contributed by atoms with Gasteiger partial charge in [0.25, 0.3) is 0 Å². The molecular formula is C15H22FNO. The summed E-state index contributed by atoms with van der Waals surface area (Å²) in [5.41, 5.74) is 0.840. The summed E-state index contributed by atoms with van der Waals surface area (Å²) < 4.78 is 19.5. The summed E-state index contributed by atoms with van der Waals surface area (Å²) >= 11 is 0. The van der Waals surface area contributed by atoms with E-state index in [4.69, 9.17) is 4.74 Å². The molecule has 0 amide bonds. The molecule has 1 aromatic rings. The second-order valence-corrected chi connectivity index (χ2v) is 4.99. The second-order valence-electron chi connectivity index (χ2n) is 4.99. The summed E-state index contributed by atoms with van der Waals surface area (Å²) in [4.78, 5) is 0. The van der Waals surface area contributed by atoms with Crippen molar-refractivity contribution in [1.82, 2.24) is 5.32 Å². The van der Waals surface area contributed by atoms with Gasteiger partial charge in [-0.15, -0.1) is 0 Å². The Bertz CT molecular complexity index is 415. The smallest absolute Gasteiger partial charge is 0.125 e. The number of rotatable bonds is 4. The van der Waals surface area contributed by atoms with E-state index in [1.165, 1.54) is 6.07 Å². The summed E-state index contributed by atoms with van der Waals surface area (Å²) in [5, 5.41) is 3.44. The highest BCUT2D eigenvalue weighted by atomic mass is 19.1. The Kier molecular flexibility index (Phi) is 3.91. The van der Waals surface area contributed by atoms with Gasteiger partial charge >= 0.3 is 0 Å². The summed E-state index contributed by atoms with van der Waals surface area (Å²) in [6.07, 6.45) is 2.86. The number of hydrogen-bond acceptors (Lipinski definition) is 2. The molecule has 1 N–H and O–H groups in total. The van der Waals surface area contributed by atoms with Gasteiger partial charge in [-0.05, 0) is 37.6 Å². The van der Waals surface area contributed by atoms with Gasteiger partial charge in [-0.25, -0.2) is 4.39 Å². The Morgan fingerprint density at radius 2 is 2.06 bits per heavy atom. The fourth-order valence-electron chi connectivity index (χ4n) is 2.75. The molecule has 18 heavy (non-hydrogen) atoms. The molecule has 1 unspecified atom stereocenters. The molecule has 3 heteroatoms. The van der Waals surface area contributed by atoms with E-state index >= 15 is 0 Å². The first-order valence-corrected chi connectivity index (χ1v) is 6.86. The summed E-state index contributed by atoms with van der Waals surface area (Å²) in [6.45, 7) is 7.26. The maximum absolute atomic E-state index is 13.4. The molecule has 0 saturated heterocycles. The lowest BCUT2D eigenvalue weighted by atomic mass is 9.83. The number of fused-ring (bicyclic) bond motifs is 1. The van der Waals surface area contributed by atoms with Crippen LogP contribution in [0.1, 0.15) is 51.6 Å². The highest BCUT2D eigenvalue weighted by Crippen LogP contribution is 2.42. The van der Waals surface area contributed by atoms with Gasteiger partial charge in [-0.3, -0.25) is 0 Å². The van der Waals surface area contributed by atoms with Crippen LogP contribution in [0.3, 0.4) is 0 Å². The highest BCUT2D eigenvalue weighted by Gasteiger charge is 2.38. The van der Waals surface area contributed by atoms with Crippen LogP contribution < -0.4 is 10.1 Å². The van der Waals surface area contributed by atoms with Crippen LogP contribution in [0.4, 0.5) is 4.39 Å². The van der Waals surface area contributed by atoms with Crippen LogP contribution in [0.25, 0.3) is 0 Å². The molecule has 0 aromatic heterocycles. The maximum Gasteiger partial charge on any atom is 0.125 e.